The third-order valence-corrected chi connectivity index (χ3v) is 3.53. The number of nitrogens with zero attached hydrogens (tertiary/aromatic N) is 1. The fraction of sp³-hybridized carbons (Fsp3) is 0.462. The maximum Gasteiger partial charge on any atom is 0.219 e. The van der Waals surface area contributed by atoms with Gasteiger partial charge in [-0.1, -0.05) is 6.07 Å². The third kappa shape index (κ3) is 2.16. The first-order valence-corrected chi connectivity index (χ1v) is 5.73. The molecule has 17 heavy (non-hydrogen) atoms. The molecule has 2 rings (SSSR count). The van der Waals surface area contributed by atoms with Gasteiger partial charge in [-0.05, 0) is 31.0 Å². The van der Waals surface area contributed by atoms with Crippen molar-refractivity contribution in [3.05, 3.63) is 35.4 Å². The van der Waals surface area contributed by atoms with Crippen LogP contribution in [-0.4, -0.2) is 23.4 Å². The molecule has 1 amide bonds. The van der Waals surface area contributed by atoms with E-state index in [1.54, 1.807) is 11.0 Å². The zero-order valence-corrected chi connectivity index (χ0v) is 9.91. The fourth-order valence-corrected chi connectivity index (χ4v) is 2.57. The Morgan fingerprint density at radius 2 is 2.06 bits per heavy atom. The molecule has 0 bridgehead atoms. The first-order chi connectivity index (χ1) is 8.00. The molecule has 4 heteroatoms. The molecule has 1 heterocycles. The van der Waals surface area contributed by atoms with E-state index >= 15 is 0 Å². The second-order valence-electron chi connectivity index (χ2n) is 4.52. The monoisotopic (exact) mass is 239 g/mol. The van der Waals surface area contributed by atoms with Gasteiger partial charge in [0.05, 0.1) is 0 Å². The highest BCUT2D eigenvalue weighted by Crippen LogP contribution is 2.33. The Labute approximate surface area is 99.2 Å². The first-order valence-electron chi connectivity index (χ1n) is 5.73. The number of halogens is 2. The van der Waals surface area contributed by atoms with Gasteiger partial charge in [-0.15, -0.1) is 0 Å². The zero-order valence-electron chi connectivity index (χ0n) is 9.91. The Balaban J connectivity index is 2.24. The molecule has 2 nitrogen and oxygen atoms in total. The molecule has 0 aromatic heterocycles. The highest BCUT2D eigenvalue weighted by atomic mass is 19.2. The van der Waals surface area contributed by atoms with Crippen LogP contribution >= 0.6 is 0 Å². The predicted molar refractivity (Wildman–Crippen MR) is 60.6 cm³/mol. The van der Waals surface area contributed by atoms with Gasteiger partial charge in [-0.3, -0.25) is 4.79 Å². The highest BCUT2D eigenvalue weighted by Gasteiger charge is 2.33. The largest absolute Gasteiger partial charge is 0.340 e. The van der Waals surface area contributed by atoms with Crippen LogP contribution in [0.3, 0.4) is 0 Å². The zero-order chi connectivity index (χ0) is 12.6. The van der Waals surface area contributed by atoms with Gasteiger partial charge in [0.1, 0.15) is 0 Å². The van der Waals surface area contributed by atoms with Crippen molar-refractivity contribution in [2.24, 2.45) is 0 Å². The molecule has 1 fully saturated rings. The van der Waals surface area contributed by atoms with Crippen LogP contribution in [0.25, 0.3) is 0 Å². The molecule has 0 aliphatic carbocycles. The van der Waals surface area contributed by atoms with Gasteiger partial charge < -0.3 is 4.90 Å². The molecule has 0 saturated carbocycles. The Morgan fingerprint density at radius 1 is 1.35 bits per heavy atom. The van der Waals surface area contributed by atoms with Gasteiger partial charge in [-0.2, -0.15) is 0 Å². The highest BCUT2D eigenvalue weighted by molar-refractivity contribution is 5.74. The van der Waals surface area contributed by atoms with Crippen molar-refractivity contribution in [2.75, 3.05) is 6.54 Å². The van der Waals surface area contributed by atoms with Crippen molar-refractivity contribution in [1.29, 1.82) is 0 Å². The lowest BCUT2D eigenvalue weighted by Gasteiger charge is -2.23. The summed E-state index contributed by atoms with van der Waals surface area (Å²) >= 11 is 0. The van der Waals surface area contributed by atoms with Gasteiger partial charge in [0, 0.05) is 25.4 Å². The van der Waals surface area contributed by atoms with Crippen molar-refractivity contribution in [1.82, 2.24) is 4.90 Å². The quantitative estimate of drug-likeness (QED) is 0.737. The Hall–Kier alpha value is -1.45. The molecule has 2 atom stereocenters. The Morgan fingerprint density at radius 3 is 2.59 bits per heavy atom. The van der Waals surface area contributed by atoms with Crippen molar-refractivity contribution in [3.63, 3.8) is 0 Å². The van der Waals surface area contributed by atoms with Crippen LogP contribution in [0.5, 0.6) is 0 Å². The minimum atomic E-state index is -0.831. The molecule has 0 radical (unpaired) electrons. The third-order valence-electron chi connectivity index (χ3n) is 3.53. The van der Waals surface area contributed by atoms with E-state index in [1.165, 1.54) is 13.0 Å². The Bertz CT molecular complexity index is 447. The second kappa shape index (κ2) is 4.43. The molecule has 1 aromatic rings. The van der Waals surface area contributed by atoms with E-state index < -0.39 is 11.6 Å². The number of likely N-dealkylation sites (tertiary alicyclic amines) is 1. The van der Waals surface area contributed by atoms with E-state index in [-0.39, 0.29) is 17.9 Å². The lowest BCUT2D eigenvalue weighted by molar-refractivity contribution is -0.129. The number of hydrogen-bond donors (Lipinski definition) is 0. The first kappa shape index (κ1) is 12.0. The van der Waals surface area contributed by atoms with E-state index in [2.05, 4.69) is 0 Å². The van der Waals surface area contributed by atoms with Gasteiger partial charge in [-0.25, -0.2) is 8.78 Å². The van der Waals surface area contributed by atoms with E-state index in [1.807, 2.05) is 6.92 Å². The van der Waals surface area contributed by atoms with Gasteiger partial charge in [0.25, 0.3) is 0 Å². The number of carbonyl (C=O) groups is 1. The number of rotatable bonds is 1. The van der Waals surface area contributed by atoms with Gasteiger partial charge >= 0.3 is 0 Å². The number of carbonyl (C=O) groups excluding carboxylic acids is 1. The minimum Gasteiger partial charge on any atom is -0.340 e. The van der Waals surface area contributed by atoms with E-state index in [0.717, 1.165) is 18.1 Å². The van der Waals surface area contributed by atoms with Crippen LogP contribution in [0.1, 0.15) is 31.7 Å². The summed E-state index contributed by atoms with van der Waals surface area (Å²) < 4.78 is 26.0. The van der Waals surface area contributed by atoms with Crippen LogP contribution in [-0.2, 0) is 4.79 Å². The molecule has 1 aliphatic heterocycles. The van der Waals surface area contributed by atoms with Crippen molar-refractivity contribution in [3.8, 4) is 0 Å². The van der Waals surface area contributed by atoms with Crippen LogP contribution in [0.2, 0.25) is 0 Å². The van der Waals surface area contributed by atoms with Crippen LogP contribution in [0.4, 0.5) is 8.78 Å². The average Bonchev–Trinajstić information content (AvgIpc) is 2.64. The normalized spacial score (nSPS) is 24.1. The van der Waals surface area contributed by atoms with Crippen LogP contribution in [0.15, 0.2) is 18.2 Å². The van der Waals surface area contributed by atoms with Crippen molar-refractivity contribution < 1.29 is 13.6 Å². The number of hydrogen-bond acceptors (Lipinski definition) is 1. The molecule has 1 aromatic carbocycles. The smallest absolute Gasteiger partial charge is 0.219 e. The summed E-state index contributed by atoms with van der Waals surface area (Å²) in [6.07, 6.45) is 0.797. The fourth-order valence-electron chi connectivity index (χ4n) is 2.57. The average molecular weight is 239 g/mol. The molecule has 0 N–H and O–H groups in total. The molecule has 0 spiro atoms. The minimum absolute atomic E-state index is 0.0302. The van der Waals surface area contributed by atoms with Gasteiger partial charge in [0.15, 0.2) is 11.6 Å². The lowest BCUT2D eigenvalue weighted by Crippen LogP contribution is -2.33. The SMILES string of the molecule is CC(=O)N1CCC(c2ccc(F)c(F)c2)C1C. The molecular weight excluding hydrogens is 224 g/mol. The maximum absolute atomic E-state index is 13.2. The summed E-state index contributed by atoms with van der Waals surface area (Å²) in [5, 5.41) is 0. The molecule has 1 saturated heterocycles. The van der Waals surface area contributed by atoms with Crippen LogP contribution in [0, 0.1) is 11.6 Å². The summed E-state index contributed by atoms with van der Waals surface area (Å²) in [4.78, 5) is 13.1. The van der Waals surface area contributed by atoms with E-state index in [9.17, 15) is 13.6 Å². The topological polar surface area (TPSA) is 20.3 Å². The molecule has 1 aliphatic rings. The summed E-state index contributed by atoms with van der Waals surface area (Å²) in [7, 11) is 0. The Kier molecular flexibility index (Phi) is 3.13. The molecule has 2 unspecified atom stereocenters. The molecular formula is C13H15F2NO. The summed E-state index contributed by atoms with van der Waals surface area (Å²) in [6, 6.07) is 4.02. The maximum atomic E-state index is 13.2. The van der Waals surface area contributed by atoms with Gasteiger partial charge in [0.2, 0.25) is 5.91 Å². The number of benzene rings is 1. The van der Waals surface area contributed by atoms with Crippen molar-refractivity contribution >= 4 is 5.91 Å². The van der Waals surface area contributed by atoms with Crippen LogP contribution < -0.4 is 0 Å². The molecule has 92 valence electrons. The summed E-state index contributed by atoms with van der Waals surface area (Å²) in [5.74, 6) is -1.53. The van der Waals surface area contributed by atoms with Crippen molar-refractivity contribution in [2.45, 2.75) is 32.2 Å². The van der Waals surface area contributed by atoms with E-state index in [0.29, 0.717) is 6.54 Å². The standard InChI is InChI=1S/C13H15F2NO/c1-8-11(5-6-16(8)9(2)17)10-3-4-12(14)13(15)7-10/h3-4,7-8,11H,5-6H2,1-2H3. The summed E-state index contributed by atoms with van der Waals surface area (Å²) in [5.41, 5.74) is 0.764. The lowest BCUT2D eigenvalue weighted by atomic mass is 9.92. The summed E-state index contributed by atoms with van der Waals surface area (Å²) in [6.45, 7) is 4.16. The predicted octanol–water partition coefficient (Wildman–Crippen LogP) is 2.69. The van der Waals surface area contributed by atoms with E-state index in [4.69, 9.17) is 0 Å². The second-order valence-corrected chi connectivity index (χ2v) is 4.52. The number of amides is 1.